The number of rotatable bonds is 7. The average molecular weight is 427 g/mol. The number of benzene rings is 2. The number of piperidine rings is 1. The fourth-order valence-electron chi connectivity index (χ4n) is 4.67. The number of hydrogen-bond donors (Lipinski definition) is 1. The third-order valence-corrected chi connectivity index (χ3v) is 6.95. The summed E-state index contributed by atoms with van der Waals surface area (Å²) in [7, 11) is -3.54. The molecule has 2 fully saturated rings. The maximum absolute atomic E-state index is 11.9. The zero-order valence-electron chi connectivity index (χ0n) is 17.5. The first-order chi connectivity index (χ1) is 14.4. The molecule has 2 atom stereocenters. The smallest absolute Gasteiger partial charge is 0.264 e. The number of nitrogens with zero attached hydrogens (tertiary/aromatic N) is 1. The molecule has 1 N–H and O–H groups in total. The van der Waals surface area contributed by atoms with Crippen molar-refractivity contribution in [2.75, 3.05) is 19.3 Å². The van der Waals surface area contributed by atoms with Gasteiger partial charge in [-0.15, -0.1) is 0 Å². The molecule has 0 unspecified atom stereocenters. The predicted octanol–water partition coefficient (Wildman–Crippen LogP) is 3.78. The Morgan fingerprint density at radius 3 is 2.33 bits per heavy atom. The van der Waals surface area contributed by atoms with Crippen LogP contribution in [0.5, 0.6) is 0 Å². The summed E-state index contributed by atoms with van der Waals surface area (Å²) in [5.41, 5.74) is 3.02. The Kier molecular flexibility index (Phi) is 6.25. The summed E-state index contributed by atoms with van der Waals surface area (Å²) >= 11 is 0. The number of nitrogens with one attached hydrogen (secondary N) is 1. The molecule has 1 saturated heterocycles. The van der Waals surface area contributed by atoms with Crippen LogP contribution in [0.4, 0.5) is 0 Å². The summed E-state index contributed by atoms with van der Waals surface area (Å²) in [6, 6.07) is 18.1. The summed E-state index contributed by atoms with van der Waals surface area (Å²) in [5.74, 6) is 1.90. The van der Waals surface area contributed by atoms with Crippen molar-refractivity contribution in [3.63, 3.8) is 0 Å². The topological polar surface area (TPSA) is 66.5 Å². The van der Waals surface area contributed by atoms with Crippen molar-refractivity contribution >= 4 is 15.9 Å². The minimum atomic E-state index is -3.54. The minimum absolute atomic E-state index is 0.361. The number of carbonyl (C=O) groups is 1. The Morgan fingerprint density at radius 1 is 1.03 bits per heavy atom. The van der Waals surface area contributed by atoms with Crippen LogP contribution in [0.1, 0.15) is 53.1 Å². The molecule has 0 spiro atoms. The van der Waals surface area contributed by atoms with Gasteiger partial charge in [0, 0.05) is 12.1 Å². The largest absolute Gasteiger partial charge is 0.299 e. The lowest BCUT2D eigenvalue weighted by atomic mass is 9.90. The molecular formula is C24H30N2O3S. The second-order valence-electron chi connectivity index (χ2n) is 8.87. The van der Waals surface area contributed by atoms with Crippen LogP contribution in [0.3, 0.4) is 0 Å². The average Bonchev–Trinajstić information content (AvgIpc) is 3.48. The van der Waals surface area contributed by atoms with Crippen molar-refractivity contribution in [1.82, 2.24) is 9.62 Å². The molecule has 5 nitrogen and oxygen atoms in total. The van der Waals surface area contributed by atoms with Gasteiger partial charge < -0.3 is 0 Å². The molecule has 0 bridgehead atoms. The lowest BCUT2D eigenvalue weighted by molar-refractivity contribution is 0.0981. The van der Waals surface area contributed by atoms with E-state index in [1.54, 1.807) is 12.1 Å². The van der Waals surface area contributed by atoms with Crippen LogP contribution in [0.15, 0.2) is 54.6 Å². The van der Waals surface area contributed by atoms with Gasteiger partial charge in [0.1, 0.15) is 0 Å². The van der Waals surface area contributed by atoms with Crippen LogP contribution < -0.4 is 4.72 Å². The highest BCUT2D eigenvalue weighted by atomic mass is 32.2. The van der Waals surface area contributed by atoms with E-state index in [-0.39, 0.29) is 0 Å². The number of sulfonamides is 1. The summed E-state index contributed by atoms with van der Waals surface area (Å²) in [6.07, 6.45) is 6.20. The Morgan fingerprint density at radius 2 is 1.70 bits per heavy atom. The molecule has 0 radical (unpaired) electrons. The zero-order valence-corrected chi connectivity index (χ0v) is 18.3. The monoisotopic (exact) mass is 426 g/mol. The van der Waals surface area contributed by atoms with E-state index in [1.165, 1.54) is 31.2 Å². The van der Waals surface area contributed by atoms with Gasteiger partial charge in [0.15, 0.2) is 0 Å². The van der Waals surface area contributed by atoms with Gasteiger partial charge >= 0.3 is 0 Å². The molecule has 1 saturated carbocycles. The van der Waals surface area contributed by atoms with Crippen LogP contribution in [0, 0.1) is 11.8 Å². The number of likely N-dealkylation sites (tertiary alicyclic amines) is 1. The van der Waals surface area contributed by atoms with Crippen molar-refractivity contribution in [2.45, 2.75) is 38.1 Å². The number of carbonyl (C=O) groups excluding carboxylic acids is 1. The van der Waals surface area contributed by atoms with Gasteiger partial charge in [0.05, 0.1) is 6.26 Å². The molecule has 2 aliphatic rings. The quantitative estimate of drug-likeness (QED) is 0.732. The van der Waals surface area contributed by atoms with E-state index in [4.69, 9.17) is 0 Å². The van der Waals surface area contributed by atoms with E-state index in [2.05, 4.69) is 35.2 Å². The van der Waals surface area contributed by atoms with Gasteiger partial charge in [-0.3, -0.25) is 9.69 Å². The zero-order chi connectivity index (χ0) is 21.1. The fourth-order valence-corrected chi connectivity index (χ4v) is 5.13. The van der Waals surface area contributed by atoms with E-state index in [9.17, 15) is 13.2 Å². The first-order valence-corrected chi connectivity index (χ1v) is 12.6. The Hall–Kier alpha value is -2.18. The van der Waals surface area contributed by atoms with Crippen molar-refractivity contribution in [3.8, 4) is 0 Å². The molecule has 1 aliphatic carbocycles. The lowest BCUT2D eigenvalue weighted by Crippen LogP contribution is -2.33. The molecule has 2 aromatic rings. The van der Waals surface area contributed by atoms with Gasteiger partial charge in [0.2, 0.25) is 10.0 Å². The van der Waals surface area contributed by atoms with Gasteiger partial charge in [-0.05, 0) is 79.8 Å². The molecular weight excluding hydrogens is 396 g/mol. The third kappa shape index (κ3) is 5.70. The summed E-state index contributed by atoms with van der Waals surface area (Å²) in [4.78, 5) is 14.4. The predicted molar refractivity (Wildman–Crippen MR) is 119 cm³/mol. The highest BCUT2D eigenvalue weighted by Crippen LogP contribution is 2.51. The van der Waals surface area contributed by atoms with Crippen molar-refractivity contribution in [3.05, 3.63) is 71.3 Å². The standard InChI is InChI=1S/C24H30N2O3S/c1-30(28,29)25-24(27)21-9-7-19(8-10-21)17-26-13-11-18(12-14-26)15-22-16-23(22)20-5-3-2-4-6-20/h2-10,18,22-23H,11-17H2,1H3,(H,25,27)/t22-,23+/m1/s1. The Labute approximate surface area is 179 Å². The Balaban J connectivity index is 1.21. The van der Waals surface area contributed by atoms with E-state index in [0.717, 1.165) is 49.2 Å². The fraction of sp³-hybridized carbons (Fsp3) is 0.458. The molecule has 30 heavy (non-hydrogen) atoms. The molecule has 1 heterocycles. The van der Waals surface area contributed by atoms with Gasteiger partial charge in [-0.25, -0.2) is 13.1 Å². The Bertz CT molecular complexity index is 965. The van der Waals surface area contributed by atoms with Crippen LogP contribution >= 0.6 is 0 Å². The highest BCUT2D eigenvalue weighted by molar-refractivity contribution is 7.89. The van der Waals surface area contributed by atoms with E-state index >= 15 is 0 Å². The van der Waals surface area contributed by atoms with Crippen LogP contribution in [0.25, 0.3) is 0 Å². The number of amides is 1. The maximum atomic E-state index is 11.9. The normalized spacial score (nSPS) is 22.6. The van der Waals surface area contributed by atoms with Gasteiger partial charge in [-0.1, -0.05) is 42.5 Å². The molecule has 2 aromatic carbocycles. The highest BCUT2D eigenvalue weighted by Gasteiger charge is 2.39. The summed E-state index contributed by atoms with van der Waals surface area (Å²) in [5, 5.41) is 0. The lowest BCUT2D eigenvalue weighted by Gasteiger charge is -2.32. The third-order valence-electron chi connectivity index (χ3n) is 6.39. The maximum Gasteiger partial charge on any atom is 0.264 e. The van der Waals surface area contributed by atoms with Crippen LogP contribution in [0.2, 0.25) is 0 Å². The van der Waals surface area contributed by atoms with Crippen molar-refractivity contribution in [2.24, 2.45) is 11.8 Å². The molecule has 0 aromatic heterocycles. The SMILES string of the molecule is CS(=O)(=O)NC(=O)c1ccc(CN2CCC(C[C@@H]3C[C@H]3c3ccccc3)CC2)cc1. The molecule has 6 heteroatoms. The van der Waals surface area contributed by atoms with E-state index < -0.39 is 15.9 Å². The van der Waals surface area contributed by atoms with Crippen molar-refractivity contribution < 1.29 is 13.2 Å². The molecule has 160 valence electrons. The van der Waals surface area contributed by atoms with Gasteiger partial charge in [0.25, 0.3) is 5.91 Å². The van der Waals surface area contributed by atoms with Crippen molar-refractivity contribution in [1.29, 1.82) is 0 Å². The summed E-state index contributed by atoms with van der Waals surface area (Å²) < 4.78 is 24.4. The second-order valence-corrected chi connectivity index (χ2v) is 10.6. The minimum Gasteiger partial charge on any atom is -0.299 e. The number of hydrogen-bond acceptors (Lipinski definition) is 4. The first-order valence-electron chi connectivity index (χ1n) is 10.8. The van der Waals surface area contributed by atoms with E-state index in [1.807, 2.05) is 16.9 Å². The summed E-state index contributed by atoms with van der Waals surface area (Å²) in [6.45, 7) is 3.10. The van der Waals surface area contributed by atoms with Gasteiger partial charge in [-0.2, -0.15) is 0 Å². The molecule has 4 rings (SSSR count). The molecule has 1 aliphatic heterocycles. The molecule has 1 amide bonds. The van der Waals surface area contributed by atoms with Crippen LogP contribution in [-0.4, -0.2) is 38.6 Å². The first kappa shape index (κ1) is 21.1. The van der Waals surface area contributed by atoms with Crippen LogP contribution in [-0.2, 0) is 16.6 Å². The second kappa shape index (κ2) is 8.90. The van der Waals surface area contributed by atoms with E-state index in [0.29, 0.717) is 5.56 Å².